The smallest absolute Gasteiger partial charge is 0.243 e. The molecule has 1 amide bonds. The molecule has 6 heteroatoms. The first-order chi connectivity index (χ1) is 12.7. The molecule has 0 bridgehead atoms. The van der Waals surface area contributed by atoms with Crippen LogP contribution in [-0.4, -0.2) is 49.7 Å². The Hall–Kier alpha value is -1.66. The predicted molar refractivity (Wildman–Crippen MR) is 107 cm³/mol. The van der Waals surface area contributed by atoms with Crippen molar-refractivity contribution < 1.29 is 13.2 Å². The van der Waals surface area contributed by atoms with E-state index in [-0.39, 0.29) is 17.2 Å². The molecular weight excluding hydrogens is 360 g/mol. The van der Waals surface area contributed by atoms with Gasteiger partial charge in [0.1, 0.15) is 0 Å². The highest BCUT2D eigenvalue weighted by atomic mass is 32.2. The lowest BCUT2D eigenvalue weighted by Gasteiger charge is -2.36. The van der Waals surface area contributed by atoms with E-state index in [2.05, 4.69) is 32.9 Å². The van der Waals surface area contributed by atoms with Crippen LogP contribution in [0.25, 0.3) is 0 Å². The number of piperazine rings is 1. The Morgan fingerprint density at radius 3 is 2.15 bits per heavy atom. The maximum absolute atomic E-state index is 12.9. The van der Waals surface area contributed by atoms with Crippen molar-refractivity contribution in [2.75, 3.05) is 26.2 Å². The molecule has 5 nitrogen and oxygen atoms in total. The van der Waals surface area contributed by atoms with Gasteiger partial charge in [0.2, 0.25) is 15.9 Å². The summed E-state index contributed by atoms with van der Waals surface area (Å²) in [6, 6.07) is 7.18. The highest BCUT2D eigenvalue weighted by Gasteiger charge is 2.32. The van der Waals surface area contributed by atoms with Gasteiger partial charge in [0.25, 0.3) is 0 Å². The lowest BCUT2D eigenvalue weighted by Crippen LogP contribution is -2.51. The number of carbonyl (C=O) groups excluding carboxylic acids is 1. The average molecular weight is 391 g/mol. The number of allylic oxidation sites excluding steroid dienone is 2. The fraction of sp³-hybridized carbons (Fsp3) is 0.571. The van der Waals surface area contributed by atoms with Crippen LogP contribution in [0.3, 0.4) is 0 Å². The van der Waals surface area contributed by atoms with Crippen LogP contribution < -0.4 is 0 Å². The second-order valence-corrected chi connectivity index (χ2v) is 10.4. The summed E-state index contributed by atoms with van der Waals surface area (Å²) in [4.78, 5) is 14.8. The van der Waals surface area contributed by atoms with Crippen LogP contribution in [0.5, 0.6) is 0 Å². The molecular formula is C21H30N2O3S. The van der Waals surface area contributed by atoms with E-state index >= 15 is 0 Å². The van der Waals surface area contributed by atoms with Crippen LogP contribution >= 0.6 is 0 Å². The van der Waals surface area contributed by atoms with Crippen molar-refractivity contribution in [1.82, 2.24) is 9.21 Å². The van der Waals surface area contributed by atoms with Gasteiger partial charge in [-0.1, -0.05) is 45.1 Å². The number of sulfonamides is 1. The normalized spacial score (nSPS) is 22.0. The third kappa shape index (κ3) is 4.43. The van der Waals surface area contributed by atoms with Crippen LogP contribution in [0.1, 0.15) is 45.6 Å². The summed E-state index contributed by atoms with van der Waals surface area (Å²) in [7, 11) is -3.51. The molecule has 1 aliphatic heterocycles. The van der Waals surface area contributed by atoms with Crippen molar-refractivity contribution in [2.24, 2.45) is 5.92 Å². The first kappa shape index (κ1) is 20.1. The van der Waals surface area contributed by atoms with Crippen molar-refractivity contribution in [3.05, 3.63) is 42.0 Å². The second-order valence-electron chi connectivity index (χ2n) is 8.49. The van der Waals surface area contributed by atoms with Crippen molar-refractivity contribution in [3.63, 3.8) is 0 Å². The van der Waals surface area contributed by atoms with E-state index in [9.17, 15) is 13.2 Å². The molecule has 1 aromatic rings. The molecule has 1 aliphatic carbocycles. The zero-order chi connectivity index (χ0) is 19.7. The van der Waals surface area contributed by atoms with Gasteiger partial charge >= 0.3 is 0 Å². The summed E-state index contributed by atoms with van der Waals surface area (Å²) in [6.45, 7) is 7.98. The maximum Gasteiger partial charge on any atom is 0.243 e. The highest BCUT2D eigenvalue weighted by molar-refractivity contribution is 7.89. The lowest BCUT2D eigenvalue weighted by molar-refractivity contribution is -0.137. The van der Waals surface area contributed by atoms with E-state index < -0.39 is 10.0 Å². The third-order valence-corrected chi connectivity index (χ3v) is 7.44. The standard InChI is InChI=1S/C21H30N2O3S/c1-21(2,3)18-9-11-19(12-10-18)27(25,26)23-15-13-22(14-16-23)20(24)17-7-5-4-6-8-17/h4-5,9-12,17H,6-8,13-16H2,1-3H3. The first-order valence-electron chi connectivity index (χ1n) is 9.74. The molecule has 1 fully saturated rings. The van der Waals surface area contributed by atoms with E-state index in [1.165, 1.54) is 4.31 Å². The summed E-state index contributed by atoms with van der Waals surface area (Å²) in [5, 5.41) is 0. The van der Waals surface area contributed by atoms with E-state index in [1.54, 1.807) is 12.1 Å². The zero-order valence-corrected chi connectivity index (χ0v) is 17.3. The van der Waals surface area contributed by atoms with Gasteiger partial charge in [-0.3, -0.25) is 4.79 Å². The molecule has 2 aliphatic rings. The predicted octanol–water partition coefficient (Wildman–Crippen LogP) is 3.17. The second kappa shape index (κ2) is 7.76. The maximum atomic E-state index is 12.9. The summed E-state index contributed by atoms with van der Waals surface area (Å²) >= 11 is 0. The number of nitrogens with zero attached hydrogens (tertiary/aromatic N) is 2. The molecule has 148 valence electrons. The van der Waals surface area contributed by atoms with Gasteiger partial charge in [-0.2, -0.15) is 4.31 Å². The monoisotopic (exact) mass is 390 g/mol. The van der Waals surface area contributed by atoms with Gasteiger partial charge in [0.15, 0.2) is 0 Å². The Labute approximate surface area is 163 Å². The van der Waals surface area contributed by atoms with Crippen molar-refractivity contribution in [3.8, 4) is 0 Å². The Bertz CT molecular complexity index is 799. The molecule has 0 aromatic heterocycles. The van der Waals surface area contributed by atoms with Crippen LogP contribution in [0, 0.1) is 5.92 Å². The number of carbonyl (C=O) groups is 1. The van der Waals surface area contributed by atoms with Gasteiger partial charge < -0.3 is 4.90 Å². The molecule has 3 rings (SSSR count). The molecule has 27 heavy (non-hydrogen) atoms. The Kier molecular flexibility index (Phi) is 5.77. The van der Waals surface area contributed by atoms with Crippen molar-refractivity contribution in [1.29, 1.82) is 0 Å². The minimum Gasteiger partial charge on any atom is -0.340 e. The summed E-state index contributed by atoms with van der Waals surface area (Å²) < 4.78 is 27.4. The molecule has 0 saturated carbocycles. The minimum absolute atomic E-state index is 0.0113. The van der Waals surface area contributed by atoms with Crippen LogP contribution in [-0.2, 0) is 20.2 Å². The number of amides is 1. The van der Waals surface area contributed by atoms with Gasteiger partial charge in [-0.25, -0.2) is 8.42 Å². The molecule has 1 saturated heterocycles. The topological polar surface area (TPSA) is 57.7 Å². The van der Waals surface area contributed by atoms with E-state index in [4.69, 9.17) is 0 Å². The van der Waals surface area contributed by atoms with E-state index in [1.807, 2.05) is 17.0 Å². The molecule has 1 aromatic carbocycles. The van der Waals surface area contributed by atoms with Crippen LogP contribution in [0.4, 0.5) is 0 Å². The minimum atomic E-state index is -3.51. The van der Waals surface area contributed by atoms with E-state index in [0.717, 1.165) is 24.8 Å². The van der Waals surface area contributed by atoms with E-state index in [0.29, 0.717) is 31.1 Å². The van der Waals surface area contributed by atoms with Crippen LogP contribution in [0.15, 0.2) is 41.3 Å². The summed E-state index contributed by atoms with van der Waals surface area (Å²) in [6.07, 6.45) is 6.86. The lowest BCUT2D eigenvalue weighted by atomic mass is 9.87. The Morgan fingerprint density at radius 2 is 1.63 bits per heavy atom. The molecule has 1 atom stereocenters. The number of rotatable bonds is 3. The number of hydrogen-bond donors (Lipinski definition) is 0. The molecule has 0 N–H and O–H groups in total. The number of hydrogen-bond acceptors (Lipinski definition) is 3. The van der Waals surface area contributed by atoms with Gasteiger partial charge in [0.05, 0.1) is 4.90 Å². The zero-order valence-electron chi connectivity index (χ0n) is 16.5. The molecule has 0 spiro atoms. The fourth-order valence-corrected chi connectivity index (χ4v) is 5.12. The van der Waals surface area contributed by atoms with Crippen molar-refractivity contribution >= 4 is 15.9 Å². The highest BCUT2D eigenvalue weighted by Crippen LogP contribution is 2.26. The number of benzene rings is 1. The molecule has 0 radical (unpaired) electrons. The van der Waals surface area contributed by atoms with Gasteiger partial charge in [-0.05, 0) is 42.4 Å². The SMILES string of the molecule is CC(C)(C)c1ccc(S(=O)(=O)N2CCN(C(=O)C3CC=CCC3)CC2)cc1. The largest absolute Gasteiger partial charge is 0.340 e. The quantitative estimate of drug-likeness (QED) is 0.745. The molecule has 1 heterocycles. The van der Waals surface area contributed by atoms with Gasteiger partial charge in [0, 0.05) is 32.1 Å². The molecule has 1 unspecified atom stereocenters. The van der Waals surface area contributed by atoms with Crippen LogP contribution in [0.2, 0.25) is 0 Å². The summed E-state index contributed by atoms with van der Waals surface area (Å²) in [5.41, 5.74) is 1.10. The third-order valence-electron chi connectivity index (χ3n) is 5.53. The first-order valence-corrected chi connectivity index (χ1v) is 11.2. The Balaban J connectivity index is 1.64. The Morgan fingerprint density at radius 1 is 1.00 bits per heavy atom. The van der Waals surface area contributed by atoms with Gasteiger partial charge in [-0.15, -0.1) is 0 Å². The summed E-state index contributed by atoms with van der Waals surface area (Å²) in [5.74, 6) is 0.231. The fourth-order valence-electron chi connectivity index (χ4n) is 3.70. The average Bonchev–Trinajstić information content (AvgIpc) is 2.67. The van der Waals surface area contributed by atoms with Crippen molar-refractivity contribution in [2.45, 2.75) is 50.3 Å².